The minimum atomic E-state index is 0.106. The highest BCUT2D eigenvalue weighted by atomic mass is 14.9. The molecule has 0 heterocycles. The van der Waals surface area contributed by atoms with Gasteiger partial charge in [0.25, 0.3) is 0 Å². The van der Waals surface area contributed by atoms with Gasteiger partial charge in [0.15, 0.2) is 0 Å². The van der Waals surface area contributed by atoms with E-state index >= 15 is 0 Å². The number of hydrogen-bond donors (Lipinski definition) is 1. The minimum absolute atomic E-state index is 0.106. The molecule has 1 nitrogen and oxygen atoms in total. The fourth-order valence-electron chi connectivity index (χ4n) is 3.44. The molecule has 4 aromatic carbocycles. The zero-order valence-electron chi connectivity index (χ0n) is 14.6. The molecule has 0 saturated heterocycles. The van der Waals surface area contributed by atoms with Crippen molar-refractivity contribution in [1.29, 1.82) is 0 Å². The van der Waals surface area contributed by atoms with Crippen molar-refractivity contribution >= 4 is 32.3 Å². The average molecular weight is 313 g/mol. The van der Waals surface area contributed by atoms with Crippen molar-refractivity contribution in [2.45, 2.75) is 32.9 Å². The molecule has 0 bridgehead atoms. The lowest BCUT2D eigenvalue weighted by Gasteiger charge is -2.22. The van der Waals surface area contributed by atoms with Crippen LogP contribution in [0.25, 0.3) is 32.3 Å². The molecule has 0 unspecified atom stereocenters. The quantitative estimate of drug-likeness (QED) is 0.445. The normalized spacial score (nSPS) is 12.3. The van der Waals surface area contributed by atoms with Gasteiger partial charge in [-0.15, -0.1) is 0 Å². The fourth-order valence-corrected chi connectivity index (χ4v) is 3.44. The van der Waals surface area contributed by atoms with Crippen LogP contribution < -0.4 is 5.32 Å². The van der Waals surface area contributed by atoms with Gasteiger partial charge < -0.3 is 5.32 Å². The molecule has 4 rings (SSSR count). The van der Waals surface area contributed by atoms with Gasteiger partial charge in [-0.3, -0.25) is 0 Å². The van der Waals surface area contributed by atoms with E-state index in [0.29, 0.717) is 0 Å². The van der Waals surface area contributed by atoms with E-state index in [1.165, 1.54) is 37.9 Å². The zero-order chi connectivity index (χ0) is 16.7. The second-order valence-corrected chi connectivity index (χ2v) is 7.57. The first kappa shape index (κ1) is 15.2. The van der Waals surface area contributed by atoms with Gasteiger partial charge in [0, 0.05) is 12.1 Å². The van der Waals surface area contributed by atoms with Crippen molar-refractivity contribution in [2.24, 2.45) is 0 Å². The Bertz CT molecular complexity index is 1040. The largest absolute Gasteiger partial charge is 0.308 e. The summed E-state index contributed by atoms with van der Waals surface area (Å²) < 4.78 is 0. The standard InChI is InChI=1S/C23H23N/c1-23(2,3)24-15-17-14-22-18-9-5-4-8-16(18)12-13-21(22)20-11-7-6-10-19(17)20/h4-14,24H,15H2,1-3H3. The van der Waals surface area contributed by atoms with Crippen molar-refractivity contribution < 1.29 is 0 Å². The van der Waals surface area contributed by atoms with Crippen LogP contribution in [0.1, 0.15) is 26.3 Å². The summed E-state index contributed by atoms with van der Waals surface area (Å²) in [7, 11) is 0. The zero-order valence-corrected chi connectivity index (χ0v) is 14.6. The number of nitrogens with one attached hydrogen (secondary N) is 1. The Morgan fingerprint density at radius 1 is 0.667 bits per heavy atom. The van der Waals surface area contributed by atoms with E-state index in [-0.39, 0.29) is 5.54 Å². The highest BCUT2D eigenvalue weighted by Gasteiger charge is 2.12. The molecule has 0 aliphatic rings. The third-order valence-electron chi connectivity index (χ3n) is 4.66. The first-order chi connectivity index (χ1) is 11.5. The maximum Gasteiger partial charge on any atom is 0.0216 e. The van der Waals surface area contributed by atoms with Crippen molar-refractivity contribution in [3.05, 3.63) is 72.3 Å². The van der Waals surface area contributed by atoms with Crippen molar-refractivity contribution in [2.75, 3.05) is 0 Å². The summed E-state index contributed by atoms with van der Waals surface area (Å²) in [4.78, 5) is 0. The molecule has 0 aromatic heterocycles. The summed E-state index contributed by atoms with van der Waals surface area (Å²) >= 11 is 0. The second-order valence-electron chi connectivity index (χ2n) is 7.57. The van der Waals surface area contributed by atoms with E-state index in [9.17, 15) is 0 Å². The molecule has 0 radical (unpaired) electrons. The van der Waals surface area contributed by atoms with Crippen LogP contribution in [-0.2, 0) is 6.54 Å². The van der Waals surface area contributed by atoms with Crippen molar-refractivity contribution in [1.82, 2.24) is 5.32 Å². The molecule has 0 fully saturated rings. The fraction of sp³-hybridized carbons (Fsp3) is 0.217. The number of rotatable bonds is 2. The topological polar surface area (TPSA) is 12.0 Å². The maximum atomic E-state index is 3.64. The van der Waals surface area contributed by atoms with Crippen LogP contribution in [-0.4, -0.2) is 5.54 Å². The first-order valence-electron chi connectivity index (χ1n) is 8.60. The Balaban J connectivity index is 2.04. The minimum Gasteiger partial charge on any atom is -0.308 e. The lowest BCUT2D eigenvalue weighted by molar-refractivity contribution is 0.425. The first-order valence-corrected chi connectivity index (χ1v) is 8.60. The van der Waals surface area contributed by atoms with Crippen molar-refractivity contribution in [3.8, 4) is 0 Å². The van der Waals surface area contributed by atoms with Crippen LogP contribution in [0.2, 0.25) is 0 Å². The Labute approximate surface area is 143 Å². The molecule has 0 atom stereocenters. The molecule has 0 saturated carbocycles. The van der Waals surface area contributed by atoms with E-state index in [0.717, 1.165) is 6.54 Å². The summed E-state index contributed by atoms with van der Waals surface area (Å²) in [6.45, 7) is 7.52. The molecule has 0 aliphatic heterocycles. The predicted molar refractivity (Wildman–Crippen MR) is 106 cm³/mol. The lowest BCUT2D eigenvalue weighted by atomic mass is 9.93. The van der Waals surface area contributed by atoms with Gasteiger partial charge in [-0.05, 0) is 64.7 Å². The number of benzene rings is 4. The van der Waals surface area contributed by atoms with Gasteiger partial charge in [0.1, 0.15) is 0 Å². The van der Waals surface area contributed by atoms with Gasteiger partial charge in [0.2, 0.25) is 0 Å². The summed E-state index contributed by atoms with van der Waals surface area (Å²) in [6, 6.07) is 24.3. The van der Waals surface area contributed by atoms with E-state index in [4.69, 9.17) is 0 Å². The maximum absolute atomic E-state index is 3.64. The van der Waals surface area contributed by atoms with E-state index in [1.807, 2.05) is 0 Å². The molecule has 1 N–H and O–H groups in total. The van der Waals surface area contributed by atoms with Crippen molar-refractivity contribution in [3.63, 3.8) is 0 Å². The smallest absolute Gasteiger partial charge is 0.0216 e. The van der Waals surface area contributed by atoms with Gasteiger partial charge in [-0.2, -0.15) is 0 Å². The van der Waals surface area contributed by atoms with Crippen LogP contribution in [0.4, 0.5) is 0 Å². The Morgan fingerprint density at radius 3 is 2.04 bits per heavy atom. The molecular weight excluding hydrogens is 290 g/mol. The monoisotopic (exact) mass is 313 g/mol. The molecule has 24 heavy (non-hydrogen) atoms. The summed E-state index contributed by atoms with van der Waals surface area (Å²) in [6.07, 6.45) is 0. The second kappa shape index (κ2) is 5.61. The van der Waals surface area contributed by atoms with Crippen LogP contribution >= 0.6 is 0 Å². The molecule has 120 valence electrons. The third-order valence-corrected chi connectivity index (χ3v) is 4.66. The molecular formula is C23H23N. The van der Waals surface area contributed by atoms with Crippen LogP contribution in [0.3, 0.4) is 0 Å². The average Bonchev–Trinajstić information content (AvgIpc) is 2.58. The lowest BCUT2D eigenvalue weighted by Crippen LogP contribution is -2.35. The molecule has 0 spiro atoms. The molecule has 0 aliphatic carbocycles. The SMILES string of the molecule is CC(C)(C)NCc1cc2c3ccccc3ccc2c2ccccc12. The van der Waals surface area contributed by atoms with E-state index < -0.39 is 0 Å². The number of hydrogen-bond acceptors (Lipinski definition) is 1. The van der Waals surface area contributed by atoms with Crippen LogP contribution in [0.15, 0.2) is 66.7 Å². The molecule has 1 heteroatoms. The highest BCUT2D eigenvalue weighted by Crippen LogP contribution is 2.33. The Morgan fingerprint density at radius 2 is 1.29 bits per heavy atom. The Kier molecular flexibility index (Phi) is 3.54. The van der Waals surface area contributed by atoms with Gasteiger partial charge in [-0.25, -0.2) is 0 Å². The molecule has 4 aromatic rings. The molecule has 0 amide bonds. The predicted octanol–water partition coefficient (Wildman–Crippen LogP) is 6.03. The summed E-state index contributed by atoms with van der Waals surface area (Å²) in [5.41, 5.74) is 1.47. The highest BCUT2D eigenvalue weighted by molar-refractivity contribution is 6.18. The van der Waals surface area contributed by atoms with Crippen LogP contribution in [0, 0.1) is 0 Å². The third kappa shape index (κ3) is 2.65. The van der Waals surface area contributed by atoms with E-state index in [1.54, 1.807) is 0 Å². The van der Waals surface area contributed by atoms with Gasteiger partial charge in [0.05, 0.1) is 0 Å². The van der Waals surface area contributed by atoms with E-state index in [2.05, 4.69) is 92.8 Å². The summed E-state index contributed by atoms with van der Waals surface area (Å²) in [5, 5.41) is 11.6. The van der Waals surface area contributed by atoms with Gasteiger partial charge >= 0.3 is 0 Å². The van der Waals surface area contributed by atoms with Gasteiger partial charge in [-0.1, -0.05) is 60.7 Å². The Hall–Kier alpha value is -2.38. The van der Waals surface area contributed by atoms with Crippen LogP contribution in [0.5, 0.6) is 0 Å². The number of fused-ring (bicyclic) bond motifs is 5. The summed E-state index contributed by atoms with van der Waals surface area (Å²) in [5.74, 6) is 0.